The smallest absolute Gasteiger partial charge is 0.204 e. The lowest BCUT2D eigenvalue weighted by atomic mass is 9.93. The molecule has 0 aliphatic carbocycles. The van der Waals surface area contributed by atoms with Crippen molar-refractivity contribution in [2.24, 2.45) is 0 Å². The monoisotopic (exact) mass is 274 g/mol. The third-order valence-electron chi connectivity index (χ3n) is 3.66. The van der Waals surface area contributed by atoms with Crippen LogP contribution in [0.5, 0.6) is 5.75 Å². The van der Waals surface area contributed by atoms with Gasteiger partial charge >= 0.3 is 0 Å². The molecule has 1 aliphatic heterocycles. The van der Waals surface area contributed by atoms with Crippen LogP contribution < -0.4 is 4.74 Å². The Morgan fingerprint density at radius 2 is 2.10 bits per heavy atom. The number of benzene rings is 1. The molecule has 20 heavy (non-hydrogen) atoms. The maximum atomic E-state index is 6.05. The Morgan fingerprint density at radius 3 is 2.80 bits per heavy atom. The van der Waals surface area contributed by atoms with Crippen molar-refractivity contribution < 1.29 is 9.47 Å². The quantitative estimate of drug-likeness (QED) is 0.724. The van der Waals surface area contributed by atoms with Gasteiger partial charge in [-0.1, -0.05) is 23.8 Å². The summed E-state index contributed by atoms with van der Waals surface area (Å²) in [4.78, 5) is 0. The molecule has 0 spiro atoms. The Hall–Kier alpha value is -1.28. The van der Waals surface area contributed by atoms with Crippen LogP contribution >= 0.6 is 0 Å². The molecule has 0 unspecified atom stereocenters. The number of hydrogen-bond donors (Lipinski definition) is 0. The molecule has 1 atom stereocenters. The van der Waals surface area contributed by atoms with Gasteiger partial charge in [0, 0.05) is 19.8 Å². The maximum absolute atomic E-state index is 6.05. The molecule has 0 saturated carbocycles. The molecular formula is C18H26O2. The van der Waals surface area contributed by atoms with Crippen LogP contribution in [0.2, 0.25) is 0 Å². The maximum Gasteiger partial charge on any atom is 0.204 e. The summed E-state index contributed by atoms with van der Waals surface area (Å²) in [5.41, 5.74) is 3.88. The molecule has 2 rings (SSSR count). The highest BCUT2D eigenvalue weighted by Gasteiger charge is 2.29. The summed E-state index contributed by atoms with van der Waals surface area (Å²) in [6, 6.07) is 6.48. The predicted octanol–water partition coefficient (Wildman–Crippen LogP) is 4.97. The van der Waals surface area contributed by atoms with E-state index in [2.05, 4.69) is 45.0 Å². The minimum Gasteiger partial charge on any atom is -0.463 e. The fourth-order valence-electron chi connectivity index (χ4n) is 2.56. The van der Waals surface area contributed by atoms with Gasteiger partial charge in [0.05, 0.1) is 6.61 Å². The first-order valence-corrected chi connectivity index (χ1v) is 7.44. The normalized spacial score (nSPS) is 20.6. The second-order valence-electron chi connectivity index (χ2n) is 6.41. The molecule has 1 aliphatic rings. The van der Waals surface area contributed by atoms with Crippen molar-refractivity contribution in [2.45, 2.75) is 59.2 Å². The van der Waals surface area contributed by atoms with Gasteiger partial charge in [-0.15, -0.1) is 0 Å². The van der Waals surface area contributed by atoms with Crippen LogP contribution in [0.1, 0.15) is 57.6 Å². The molecule has 0 saturated heterocycles. The Labute approximate surface area is 122 Å². The standard InChI is InChI=1S/C18H26O2/c1-13(2)7-6-8-15-12-19-18(4,5)20-17-11-14(3)9-10-16(15)17/h7,9-11,15H,6,8,12H2,1-5H3/t15-/m1/s1. The van der Waals surface area contributed by atoms with Crippen molar-refractivity contribution in [1.82, 2.24) is 0 Å². The minimum absolute atomic E-state index is 0.406. The van der Waals surface area contributed by atoms with Crippen LogP contribution in [-0.4, -0.2) is 12.4 Å². The Bertz CT molecular complexity index is 496. The van der Waals surface area contributed by atoms with Gasteiger partial charge in [0.15, 0.2) is 0 Å². The van der Waals surface area contributed by atoms with E-state index in [9.17, 15) is 0 Å². The molecule has 0 N–H and O–H groups in total. The molecule has 1 aromatic carbocycles. The number of ether oxygens (including phenoxy) is 2. The average Bonchev–Trinajstić information content (AvgIpc) is 2.44. The summed E-state index contributed by atoms with van der Waals surface area (Å²) in [6.07, 6.45) is 4.48. The minimum atomic E-state index is -0.548. The highest BCUT2D eigenvalue weighted by molar-refractivity contribution is 5.40. The first-order chi connectivity index (χ1) is 9.37. The van der Waals surface area contributed by atoms with Crippen LogP contribution in [0, 0.1) is 6.92 Å². The zero-order chi connectivity index (χ0) is 14.8. The molecule has 1 heterocycles. The second-order valence-corrected chi connectivity index (χ2v) is 6.41. The van der Waals surface area contributed by atoms with Crippen molar-refractivity contribution in [3.05, 3.63) is 41.0 Å². The van der Waals surface area contributed by atoms with E-state index in [4.69, 9.17) is 9.47 Å². The molecular weight excluding hydrogens is 248 g/mol. The topological polar surface area (TPSA) is 18.5 Å². The fraction of sp³-hybridized carbons (Fsp3) is 0.556. The van der Waals surface area contributed by atoms with E-state index >= 15 is 0 Å². The predicted molar refractivity (Wildman–Crippen MR) is 83.2 cm³/mol. The average molecular weight is 274 g/mol. The number of aryl methyl sites for hydroxylation is 1. The van der Waals surface area contributed by atoms with E-state index in [1.54, 1.807) is 0 Å². The van der Waals surface area contributed by atoms with E-state index in [0.717, 1.165) is 25.2 Å². The van der Waals surface area contributed by atoms with Gasteiger partial charge in [-0.25, -0.2) is 0 Å². The summed E-state index contributed by atoms with van der Waals surface area (Å²) < 4.78 is 12.0. The first-order valence-electron chi connectivity index (χ1n) is 7.44. The molecule has 0 amide bonds. The molecule has 0 fully saturated rings. The zero-order valence-electron chi connectivity index (χ0n) is 13.3. The van der Waals surface area contributed by atoms with Gasteiger partial charge in [-0.3, -0.25) is 0 Å². The zero-order valence-corrected chi connectivity index (χ0v) is 13.3. The van der Waals surface area contributed by atoms with Gasteiger partial charge in [0.25, 0.3) is 0 Å². The lowest BCUT2D eigenvalue weighted by Crippen LogP contribution is -2.31. The van der Waals surface area contributed by atoms with Gasteiger partial charge < -0.3 is 9.47 Å². The molecule has 2 nitrogen and oxygen atoms in total. The number of fused-ring (bicyclic) bond motifs is 1. The number of allylic oxidation sites excluding steroid dienone is 2. The highest BCUT2D eigenvalue weighted by Crippen LogP contribution is 2.37. The van der Waals surface area contributed by atoms with E-state index < -0.39 is 5.79 Å². The van der Waals surface area contributed by atoms with Crippen molar-refractivity contribution in [3.8, 4) is 5.75 Å². The van der Waals surface area contributed by atoms with Crippen molar-refractivity contribution in [3.63, 3.8) is 0 Å². The molecule has 110 valence electrons. The van der Waals surface area contributed by atoms with E-state index in [-0.39, 0.29) is 0 Å². The highest BCUT2D eigenvalue weighted by atomic mass is 16.7. The lowest BCUT2D eigenvalue weighted by Gasteiger charge is -2.24. The lowest BCUT2D eigenvalue weighted by molar-refractivity contribution is -0.152. The van der Waals surface area contributed by atoms with Gasteiger partial charge in [-0.05, 0) is 50.8 Å². The Balaban J connectivity index is 2.24. The van der Waals surface area contributed by atoms with Crippen molar-refractivity contribution in [1.29, 1.82) is 0 Å². The van der Waals surface area contributed by atoms with Crippen LogP contribution in [0.4, 0.5) is 0 Å². The molecule has 2 heteroatoms. The molecule has 0 bridgehead atoms. The van der Waals surface area contributed by atoms with Crippen LogP contribution in [0.3, 0.4) is 0 Å². The Kier molecular flexibility index (Phi) is 4.54. The fourth-order valence-corrected chi connectivity index (χ4v) is 2.56. The van der Waals surface area contributed by atoms with Gasteiger partial charge in [0.1, 0.15) is 5.75 Å². The molecule has 0 aromatic heterocycles. The van der Waals surface area contributed by atoms with E-state index in [0.29, 0.717) is 5.92 Å². The van der Waals surface area contributed by atoms with Crippen molar-refractivity contribution in [2.75, 3.05) is 6.61 Å². The third kappa shape index (κ3) is 3.86. The van der Waals surface area contributed by atoms with Crippen LogP contribution in [-0.2, 0) is 4.74 Å². The van der Waals surface area contributed by atoms with Gasteiger partial charge in [-0.2, -0.15) is 0 Å². The summed E-state index contributed by atoms with van der Waals surface area (Å²) in [6.45, 7) is 11.1. The SMILES string of the molecule is CC(C)=CCC[C@@H]1COC(C)(C)Oc2cc(C)ccc21. The largest absolute Gasteiger partial charge is 0.463 e. The summed E-state index contributed by atoms with van der Waals surface area (Å²) in [5, 5.41) is 0. The second kappa shape index (κ2) is 6.01. The molecule has 1 aromatic rings. The van der Waals surface area contributed by atoms with Crippen LogP contribution in [0.25, 0.3) is 0 Å². The van der Waals surface area contributed by atoms with Crippen molar-refractivity contribution >= 4 is 0 Å². The van der Waals surface area contributed by atoms with E-state index in [1.807, 2.05) is 13.8 Å². The van der Waals surface area contributed by atoms with Gasteiger partial charge in [0.2, 0.25) is 5.79 Å². The summed E-state index contributed by atoms with van der Waals surface area (Å²) >= 11 is 0. The van der Waals surface area contributed by atoms with E-state index in [1.165, 1.54) is 16.7 Å². The Morgan fingerprint density at radius 1 is 1.35 bits per heavy atom. The molecule has 0 radical (unpaired) electrons. The summed E-state index contributed by atoms with van der Waals surface area (Å²) in [7, 11) is 0. The van der Waals surface area contributed by atoms with Crippen LogP contribution in [0.15, 0.2) is 29.8 Å². The number of rotatable bonds is 3. The number of hydrogen-bond acceptors (Lipinski definition) is 2. The third-order valence-corrected chi connectivity index (χ3v) is 3.66. The summed E-state index contributed by atoms with van der Waals surface area (Å²) in [5.74, 6) is 0.839. The first kappa shape index (κ1) is 15.1.